The van der Waals surface area contributed by atoms with E-state index in [0.29, 0.717) is 37.7 Å². The Morgan fingerprint density at radius 3 is 2.54 bits per heavy atom. The fourth-order valence-corrected chi connectivity index (χ4v) is 7.87. The van der Waals surface area contributed by atoms with E-state index in [1.807, 2.05) is 6.07 Å². The zero-order chi connectivity index (χ0) is 28.8. The number of thioether (sulfide) groups is 1. The SMILES string of the molecule is COc1ccc(N2C(=O)[C@H]3[C@H](c4cc([N+](=O)[O-])ccc4OCc4cccc(Cl)c4)c4sc(=O)[nH]c4S[C@H]3C2=O)cc1. The van der Waals surface area contributed by atoms with Crippen LogP contribution >= 0.6 is 34.7 Å². The fourth-order valence-electron chi connectivity index (χ4n) is 5.15. The van der Waals surface area contributed by atoms with Gasteiger partial charge in [-0.1, -0.05) is 46.8 Å². The number of ether oxygens (including phenoxy) is 2. The van der Waals surface area contributed by atoms with Crippen molar-refractivity contribution in [3.05, 3.63) is 108 Å². The molecule has 0 aliphatic carbocycles. The summed E-state index contributed by atoms with van der Waals surface area (Å²) in [5.41, 5.74) is 1.27. The Kier molecular flexibility index (Phi) is 7.06. The molecule has 13 heteroatoms. The predicted octanol–water partition coefficient (Wildman–Crippen LogP) is 5.38. The summed E-state index contributed by atoms with van der Waals surface area (Å²) in [5, 5.41) is 11.9. The molecule has 2 amide bonds. The normalized spacial score (nSPS) is 19.6. The monoisotopic (exact) mass is 609 g/mol. The number of thiazole rings is 1. The second kappa shape index (κ2) is 10.7. The van der Waals surface area contributed by atoms with Gasteiger partial charge in [-0.3, -0.25) is 24.5 Å². The number of carbonyl (C=O) groups is 2. The average Bonchev–Trinajstić information content (AvgIpc) is 3.46. The number of hydrogen-bond acceptors (Lipinski definition) is 9. The fraction of sp³-hybridized carbons (Fsp3) is 0.179. The van der Waals surface area contributed by atoms with Crippen molar-refractivity contribution in [1.82, 2.24) is 4.98 Å². The van der Waals surface area contributed by atoms with Crippen molar-refractivity contribution in [2.75, 3.05) is 12.0 Å². The summed E-state index contributed by atoms with van der Waals surface area (Å²) in [6.45, 7) is 0.0992. The number of aromatic nitrogens is 1. The third kappa shape index (κ3) is 4.88. The summed E-state index contributed by atoms with van der Waals surface area (Å²) in [6.07, 6.45) is 0. The van der Waals surface area contributed by atoms with Gasteiger partial charge in [-0.2, -0.15) is 0 Å². The van der Waals surface area contributed by atoms with E-state index in [9.17, 15) is 24.5 Å². The molecule has 2 aliphatic heterocycles. The standard InChI is InChI=1S/C28H20ClN3O7S2/c1-38-18-8-5-16(6-9-18)31-26(33)22-21(23-25(30-28(35)41-23)40-24(22)27(31)34)19-12-17(32(36)37)7-10-20(19)39-13-14-3-2-4-15(29)11-14/h2-12,21-22,24H,13H2,1H3,(H,30,35)/t21-,22-,24+/m0/s1. The van der Waals surface area contributed by atoms with Crippen molar-refractivity contribution in [1.29, 1.82) is 0 Å². The third-order valence-electron chi connectivity index (χ3n) is 6.98. The maximum Gasteiger partial charge on any atom is 0.305 e. The van der Waals surface area contributed by atoms with Crippen LogP contribution < -0.4 is 19.2 Å². The van der Waals surface area contributed by atoms with Gasteiger partial charge in [-0.15, -0.1) is 0 Å². The number of rotatable bonds is 7. The number of amides is 2. The molecule has 1 fully saturated rings. The summed E-state index contributed by atoms with van der Waals surface area (Å²) < 4.78 is 11.3. The van der Waals surface area contributed by atoms with Gasteiger partial charge in [0.1, 0.15) is 23.4 Å². The van der Waals surface area contributed by atoms with Gasteiger partial charge in [0.15, 0.2) is 0 Å². The van der Waals surface area contributed by atoms with Crippen LogP contribution in [0.4, 0.5) is 11.4 Å². The molecule has 4 aromatic rings. The highest BCUT2D eigenvalue weighted by Gasteiger charge is 2.57. The minimum atomic E-state index is -0.941. The quantitative estimate of drug-likeness (QED) is 0.168. The van der Waals surface area contributed by atoms with E-state index >= 15 is 0 Å². The minimum Gasteiger partial charge on any atom is -0.497 e. The molecule has 0 saturated carbocycles. The van der Waals surface area contributed by atoms with Crippen LogP contribution in [-0.2, 0) is 16.2 Å². The van der Waals surface area contributed by atoms with Crippen LogP contribution in [0.2, 0.25) is 5.02 Å². The van der Waals surface area contributed by atoms with Crippen LogP contribution in [0.25, 0.3) is 0 Å². The first-order valence-corrected chi connectivity index (χ1v) is 14.4. The number of nitro groups is 1. The molecule has 6 rings (SSSR count). The predicted molar refractivity (Wildman–Crippen MR) is 154 cm³/mol. The molecule has 10 nitrogen and oxygen atoms in total. The van der Waals surface area contributed by atoms with E-state index in [4.69, 9.17) is 21.1 Å². The van der Waals surface area contributed by atoms with Crippen molar-refractivity contribution >= 4 is 57.9 Å². The number of hydrogen-bond donors (Lipinski definition) is 1. The molecular formula is C28H20ClN3O7S2. The Hall–Kier alpha value is -4.13. The van der Waals surface area contributed by atoms with Gasteiger partial charge in [0.05, 0.1) is 28.7 Å². The molecule has 1 aromatic heterocycles. The Morgan fingerprint density at radius 2 is 1.83 bits per heavy atom. The molecule has 41 heavy (non-hydrogen) atoms. The van der Waals surface area contributed by atoms with Crippen molar-refractivity contribution < 1.29 is 24.0 Å². The number of nitrogens with one attached hydrogen (secondary N) is 1. The highest BCUT2D eigenvalue weighted by molar-refractivity contribution is 8.00. The largest absolute Gasteiger partial charge is 0.497 e. The summed E-state index contributed by atoms with van der Waals surface area (Å²) in [6, 6.07) is 17.8. The Morgan fingerprint density at radius 1 is 1.05 bits per heavy atom. The number of methoxy groups -OCH3 is 1. The second-order valence-corrected chi connectivity index (χ2v) is 12.0. The van der Waals surface area contributed by atoms with Crippen molar-refractivity contribution in [2.24, 2.45) is 5.92 Å². The number of halogens is 1. The minimum absolute atomic E-state index is 0.0992. The number of fused-ring (bicyclic) bond motifs is 2. The molecule has 1 N–H and O–H groups in total. The number of carbonyl (C=O) groups excluding carboxylic acids is 2. The number of non-ortho nitro benzene ring substituents is 1. The first-order valence-electron chi connectivity index (χ1n) is 12.3. The first kappa shape index (κ1) is 27.1. The Balaban J connectivity index is 1.47. The van der Waals surface area contributed by atoms with Crippen molar-refractivity contribution in [3.63, 3.8) is 0 Å². The third-order valence-corrected chi connectivity index (χ3v) is 9.61. The molecule has 3 heterocycles. The summed E-state index contributed by atoms with van der Waals surface area (Å²) in [5.74, 6) is -1.85. The zero-order valence-electron chi connectivity index (χ0n) is 21.2. The summed E-state index contributed by atoms with van der Waals surface area (Å²) in [4.78, 5) is 55.6. The lowest BCUT2D eigenvalue weighted by Gasteiger charge is -2.30. The molecule has 0 radical (unpaired) electrons. The molecule has 0 spiro atoms. The lowest BCUT2D eigenvalue weighted by atomic mass is 9.82. The van der Waals surface area contributed by atoms with E-state index < -0.39 is 33.8 Å². The molecule has 0 unspecified atom stereocenters. The number of imide groups is 1. The van der Waals surface area contributed by atoms with Crippen LogP contribution in [0, 0.1) is 16.0 Å². The van der Waals surface area contributed by atoms with Gasteiger partial charge in [0.25, 0.3) is 5.69 Å². The smallest absolute Gasteiger partial charge is 0.305 e. The molecule has 3 atom stereocenters. The Labute approximate surface area is 246 Å². The molecule has 208 valence electrons. The van der Waals surface area contributed by atoms with Crippen LogP contribution in [0.3, 0.4) is 0 Å². The van der Waals surface area contributed by atoms with Crippen molar-refractivity contribution in [3.8, 4) is 11.5 Å². The van der Waals surface area contributed by atoms with Crippen LogP contribution in [0.15, 0.2) is 76.6 Å². The van der Waals surface area contributed by atoms with Gasteiger partial charge in [-0.25, -0.2) is 4.90 Å². The van der Waals surface area contributed by atoms with Crippen LogP contribution in [0.5, 0.6) is 11.5 Å². The molecular weight excluding hydrogens is 590 g/mol. The van der Waals surface area contributed by atoms with E-state index in [1.165, 1.54) is 25.3 Å². The van der Waals surface area contributed by atoms with Crippen LogP contribution in [0.1, 0.15) is 21.9 Å². The van der Waals surface area contributed by atoms with Gasteiger partial charge in [0, 0.05) is 33.5 Å². The van der Waals surface area contributed by atoms with Gasteiger partial charge < -0.3 is 14.5 Å². The number of aromatic amines is 1. The van der Waals surface area contributed by atoms with E-state index in [-0.39, 0.29) is 17.2 Å². The Bertz CT molecular complexity index is 1750. The highest BCUT2D eigenvalue weighted by Crippen LogP contribution is 2.55. The number of nitrogens with zero attached hydrogens (tertiary/aromatic N) is 2. The molecule has 0 bridgehead atoms. The van der Waals surface area contributed by atoms with E-state index in [1.54, 1.807) is 42.5 Å². The first-order chi connectivity index (χ1) is 19.7. The highest BCUT2D eigenvalue weighted by atomic mass is 35.5. The van der Waals surface area contributed by atoms with Gasteiger partial charge in [0.2, 0.25) is 11.8 Å². The topological polar surface area (TPSA) is 132 Å². The summed E-state index contributed by atoms with van der Waals surface area (Å²) in [7, 11) is 1.52. The average molecular weight is 610 g/mol. The maximum atomic E-state index is 14.0. The van der Waals surface area contributed by atoms with E-state index in [0.717, 1.165) is 33.6 Å². The number of H-pyrrole nitrogens is 1. The second-order valence-electron chi connectivity index (χ2n) is 9.36. The van der Waals surface area contributed by atoms with E-state index in [2.05, 4.69) is 4.98 Å². The van der Waals surface area contributed by atoms with Crippen molar-refractivity contribution in [2.45, 2.75) is 22.8 Å². The summed E-state index contributed by atoms with van der Waals surface area (Å²) >= 11 is 8.15. The maximum absolute atomic E-state index is 14.0. The zero-order valence-corrected chi connectivity index (χ0v) is 23.6. The van der Waals surface area contributed by atoms with Gasteiger partial charge >= 0.3 is 4.87 Å². The lowest BCUT2D eigenvalue weighted by Crippen LogP contribution is -2.32. The number of anilines is 1. The molecule has 2 aliphatic rings. The molecule has 3 aromatic carbocycles. The number of benzene rings is 3. The van der Waals surface area contributed by atoms with Crippen LogP contribution in [-0.4, -0.2) is 34.1 Å². The lowest BCUT2D eigenvalue weighted by molar-refractivity contribution is -0.385. The number of nitro benzene ring substituents is 1. The molecule has 1 saturated heterocycles. The van der Waals surface area contributed by atoms with Gasteiger partial charge in [-0.05, 0) is 48.0 Å².